The van der Waals surface area contributed by atoms with Crippen molar-refractivity contribution in [1.82, 2.24) is 14.8 Å². The van der Waals surface area contributed by atoms with E-state index in [1.54, 1.807) is 35.0 Å². The molecule has 31 heavy (non-hydrogen) atoms. The molecule has 0 aliphatic carbocycles. The third-order valence-electron chi connectivity index (χ3n) is 4.58. The van der Waals surface area contributed by atoms with Gasteiger partial charge in [0.25, 0.3) is 5.91 Å². The van der Waals surface area contributed by atoms with Gasteiger partial charge in [0.15, 0.2) is 23.9 Å². The first-order valence-corrected chi connectivity index (χ1v) is 9.86. The van der Waals surface area contributed by atoms with E-state index < -0.39 is 18.5 Å². The molecule has 0 unspecified atom stereocenters. The van der Waals surface area contributed by atoms with Crippen molar-refractivity contribution >= 4 is 17.6 Å². The largest absolute Gasteiger partial charge is 0.490 e. The zero-order valence-electron chi connectivity index (χ0n) is 17.3. The van der Waals surface area contributed by atoms with Crippen LogP contribution < -0.4 is 14.8 Å². The number of nitrogens with zero attached hydrogens (tertiary/aromatic N) is 3. The fourth-order valence-corrected chi connectivity index (χ4v) is 3.15. The summed E-state index contributed by atoms with van der Waals surface area (Å²) in [6.45, 7) is 4.53. The predicted molar refractivity (Wildman–Crippen MR) is 112 cm³/mol. The molecule has 3 aromatic rings. The Balaban J connectivity index is 1.33. The van der Waals surface area contributed by atoms with Gasteiger partial charge in [-0.2, -0.15) is 5.10 Å². The van der Waals surface area contributed by atoms with Gasteiger partial charge in [0, 0.05) is 30.1 Å². The maximum absolute atomic E-state index is 12.2. The van der Waals surface area contributed by atoms with Gasteiger partial charge < -0.3 is 19.5 Å². The fraction of sp³-hybridized carbons (Fsp3) is 0.273. The molecule has 0 fully saturated rings. The van der Waals surface area contributed by atoms with Crippen LogP contribution in [0.4, 0.5) is 5.69 Å². The molecule has 0 bridgehead atoms. The zero-order valence-corrected chi connectivity index (χ0v) is 17.3. The van der Waals surface area contributed by atoms with E-state index in [4.69, 9.17) is 14.2 Å². The van der Waals surface area contributed by atoms with Gasteiger partial charge >= 0.3 is 5.97 Å². The van der Waals surface area contributed by atoms with E-state index in [1.807, 2.05) is 19.9 Å². The van der Waals surface area contributed by atoms with Crippen molar-refractivity contribution in [2.24, 2.45) is 0 Å². The van der Waals surface area contributed by atoms with E-state index in [-0.39, 0.29) is 5.56 Å². The predicted octanol–water partition coefficient (Wildman–Crippen LogP) is 2.84. The lowest BCUT2D eigenvalue weighted by molar-refractivity contribution is -0.119. The molecule has 1 aromatic carbocycles. The first-order valence-electron chi connectivity index (χ1n) is 9.86. The number of aryl methyl sites for hydroxylation is 2. The molecule has 9 heteroatoms. The molecule has 0 saturated heterocycles. The van der Waals surface area contributed by atoms with Crippen molar-refractivity contribution in [3.63, 3.8) is 0 Å². The normalized spacial score (nSPS) is 12.7. The lowest BCUT2D eigenvalue weighted by Crippen LogP contribution is -2.21. The third kappa shape index (κ3) is 4.82. The number of aromatic nitrogens is 3. The van der Waals surface area contributed by atoms with Crippen LogP contribution in [-0.2, 0) is 9.53 Å². The fourth-order valence-electron chi connectivity index (χ4n) is 3.15. The Hall–Kier alpha value is -3.88. The highest BCUT2D eigenvalue weighted by Crippen LogP contribution is 2.32. The van der Waals surface area contributed by atoms with Gasteiger partial charge in [0.1, 0.15) is 0 Å². The number of fused-ring (bicyclic) bond motifs is 1. The zero-order chi connectivity index (χ0) is 21.8. The topological polar surface area (TPSA) is 105 Å². The molecule has 0 radical (unpaired) electrons. The van der Waals surface area contributed by atoms with E-state index in [1.165, 1.54) is 6.20 Å². The van der Waals surface area contributed by atoms with Gasteiger partial charge in [-0.25, -0.2) is 14.5 Å². The number of ether oxygens (including phenoxy) is 3. The molecular weight excluding hydrogens is 400 g/mol. The van der Waals surface area contributed by atoms with E-state index in [2.05, 4.69) is 15.4 Å². The number of amides is 1. The minimum absolute atomic E-state index is 0.244. The maximum Gasteiger partial charge on any atom is 0.340 e. The van der Waals surface area contributed by atoms with Gasteiger partial charge in [0.2, 0.25) is 0 Å². The highest BCUT2D eigenvalue weighted by Gasteiger charge is 2.14. The number of esters is 1. The number of pyridine rings is 1. The van der Waals surface area contributed by atoms with Crippen LogP contribution in [-0.4, -0.2) is 46.5 Å². The summed E-state index contributed by atoms with van der Waals surface area (Å²) in [6, 6.07) is 10.3. The standard InChI is InChI=1S/C22H22N4O5/c1-14-10-15(2)26(25-14)20-7-4-16(12-23-20)22(28)31-13-21(27)24-17-5-6-18-19(11-17)30-9-3-8-29-18/h4-7,10-12H,3,8-9,13H2,1-2H3,(H,24,27). The number of anilines is 1. The Morgan fingerprint density at radius 2 is 1.90 bits per heavy atom. The van der Waals surface area contributed by atoms with Crippen LogP contribution in [0, 0.1) is 13.8 Å². The second-order valence-electron chi connectivity index (χ2n) is 7.08. The van der Waals surface area contributed by atoms with Gasteiger partial charge in [-0.3, -0.25) is 4.79 Å². The molecule has 0 atom stereocenters. The number of hydrogen-bond donors (Lipinski definition) is 1. The summed E-state index contributed by atoms with van der Waals surface area (Å²) in [7, 11) is 0. The summed E-state index contributed by atoms with van der Waals surface area (Å²) in [5.74, 6) is 0.699. The Kier molecular flexibility index (Phi) is 5.83. The molecule has 160 valence electrons. The first kappa shape index (κ1) is 20.4. The average Bonchev–Trinajstić information content (AvgIpc) is 2.96. The summed E-state index contributed by atoms with van der Waals surface area (Å²) >= 11 is 0. The SMILES string of the molecule is Cc1cc(C)n(-c2ccc(C(=O)OCC(=O)Nc3ccc4c(c3)OCCCO4)cn2)n1. The van der Waals surface area contributed by atoms with Crippen molar-refractivity contribution in [3.8, 4) is 17.3 Å². The molecule has 2 aromatic heterocycles. The number of hydrogen-bond acceptors (Lipinski definition) is 7. The van der Waals surface area contributed by atoms with Crippen LogP contribution in [0.15, 0.2) is 42.6 Å². The third-order valence-corrected chi connectivity index (χ3v) is 4.58. The minimum Gasteiger partial charge on any atom is -0.490 e. The second-order valence-corrected chi connectivity index (χ2v) is 7.08. The van der Waals surface area contributed by atoms with Crippen molar-refractivity contribution in [3.05, 3.63) is 59.5 Å². The lowest BCUT2D eigenvalue weighted by atomic mass is 10.2. The highest BCUT2D eigenvalue weighted by molar-refractivity contribution is 5.95. The summed E-state index contributed by atoms with van der Waals surface area (Å²) < 4.78 is 18.0. The molecule has 4 rings (SSSR count). The van der Waals surface area contributed by atoms with E-state index in [0.717, 1.165) is 17.8 Å². The summed E-state index contributed by atoms with van der Waals surface area (Å²) in [5.41, 5.74) is 2.59. The van der Waals surface area contributed by atoms with Crippen molar-refractivity contribution < 1.29 is 23.8 Å². The van der Waals surface area contributed by atoms with Gasteiger partial charge in [-0.05, 0) is 44.2 Å². The number of carbonyl (C=O) groups excluding carboxylic acids is 2. The quantitative estimate of drug-likeness (QED) is 0.631. The molecule has 0 spiro atoms. The van der Waals surface area contributed by atoms with Crippen LogP contribution in [0.3, 0.4) is 0 Å². The number of rotatable bonds is 5. The second kappa shape index (κ2) is 8.86. The number of nitrogens with one attached hydrogen (secondary N) is 1. The van der Waals surface area contributed by atoms with E-state index in [0.29, 0.717) is 36.2 Å². The smallest absolute Gasteiger partial charge is 0.340 e. The van der Waals surface area contributed by atoms with Crippen LogP contribution in [0.5, 0.6) is 11.5 Å². The first-order chi connectivity index (χ1) is 15.0. The summed E-state index contributed by atoms with van der Waals surface area (Å²) in [6.07, 6.45) is 2.19. The molecule has 1 N–H and O–H groups in total. The van der Waals surface area contributed by atoms with Crippen molar-refractivity contribution in [1.29, 1.82) is 0 Å². The van der Waals surface area contributed by atoms with Gasteiger partial charge in [0.05, 0.1) is 24.5 Å². The van der Waals surface area contributed by atoms with E-state index >= 15 is 0 Å². The molecule has 9 nitrogen and oxygen atoms in total. The molecular formula is C22H22N4O5. The Morgan fingerprint density at radius 1 is 1.10 bits per heavy atom. The molecule has 1 aliphatic heterocycles. The monoisotopic (exact) mass is 422 g/mol. The molecule has 3 heterocycles. The van der Waals surface area contributed by atoms with Gasteiger partial charge in [-0.1, -0.05) is 0 Å². The maximum atomic E-state index is 12.2. The Bertz CT molecular complexity index is 1110. The average molecular weight is 422 g/mol. The summed E-state index contributed by atoms with van der Waals surface area (Å²) in [4.78, 5) is 28.7. The van der Waals surface area contributed by atoms with Crippen LogP contribution in [0.1, 0.15) is 28.2 Å². The minimum atomic E-state index is -0.638. The van der Waals surface area contributed by atoms with Crippen LogP contribution >= 0.6 is 0 Å². The molecule has 0 saturated carbocycles. The Labute approximate surface area is 178 Å². The Morgan fingerprint density at radius 3 is 2.61 bits per heavy atom. The number of carbonyl (C=O) groups is 2. The van der Waals surface area contributed by atoms with E-state index in [9.17, 15) is 9.59 Å². The number of benzene rings is 1. The molecule has 1 aliphatic rings. The van der Waals surface area contributed by atoms with Crippen molar-refractivity contribution in [2.75, 3.05) is 25.1 Å². The van der Waals surface area contributed by atoms with Crippen LogP contribution in [0.25, 0.3) is 5.82 Å². The van der Waals surface area contributed by atoms with Crippen LogP contribution in [0.2, 0.25) is 0 Å². The lowest BCUT2D eigenvalue weighted by Gasteiger charge is -2.11. The van der Waals surface area contributed by atoms with Gasteiger partial charge in [-0.15, -0.1) is 0 Å². The molecule has 1 amide bonds. The van der Waals surface area contributed by atoms with Crippen molar-refractivity contribution in [2.45, 2.75) is 20.3 Å². The summed E-state index contributed by atoms with van der Waals surface area (Å²) in [5, 5.41) is 7.03. The highest BCUT2D eigenvalue weighted by atomic mass is 16.5.